The van der Waals surface area contributed by atoms with Gasteiger partial charge >= 0.3 is 0 Å². The van der Waals surface area contributed by atoms with Crippen LogP contribution < -0.4 is 16.2 Å². The zero-order valence-corrected chi connectivity index (χ0v) is 10.6. The van der Waals surface area contributed by atoms with E-state index in [9.17, 15) is 0 Å². The molecule has 0 aliphatic rings. The van der Waals surface area contributed by atoms with Gasteiger partial charge < -0.3 is 10.3 Å². The highest BCUT2D eigenvalue weighted by molar-refractivity contribution is 5.45. The molecule has 0 aliphatic carbocycles. The highest BCUT2D eigenvalue weighted by atomic mass is 15.3. The number of nitrogens with two attached hydrogens (primary N) is 1. The maximum Gasteiger partial charge on any atom is 0.150 e. The summed E-state index contributed by atoms with van der Waals surface area (Å²) >= 11 is 0. The number of rotatable bonds is 4. The molecule has 3 N–H and O–H groups in total. The van der Waals surface area contributed by atoms with Crippen molar-refractivity contribution in [3.05, 3.63) is 47.9 Å². The van der Waals surface area contributed by atoms with Crippen LogP contribution >= 0.6 is 0 Å². The molecule has 0 bridgehead atoms. The van der Waals surface area contributed by atoms with E-state index in [1.54, 1.807) is 0 Å². The molecule has 5 nitrogen and oxygen atoms in total. The number of nitrogens with one attached hydrogen (secondary N) is 1. The molecule has 0 amide bonds. The molecule has 0 unspecified atom stereocenters. The number of hydrogen-bond acceptors (Lipinski definition) is 5. The highest BCUT2D eigenvalue weighted by Crippen LogP contribution is 2.14. The van der Waals surface area contributed by atoms with Crippen LogP contribution in [0.3, 0.4) is 0 Å². The second-order valence-electron chi connectivity index (χ2n) is 4.15. The number of aromatic nitrogens is 2. The van der Waals surface area contributed by atoms with E-state index in [1.807, 2.05) is 38.2 Å². The summed E-state index contributed by atoms with van der Waals surface area (Å²) in [5, 5.41) is 0. The second-order valence-corrected chi connectivity index (χ2v) is 4.15. The Morgan fingerprint density at radius 1 is 1.22 bits per heavy atom. The molecule has 2 aromatic rings. The summed E-state index contributed by atoms with van der Waals surface area (Å²) in [6, 6.07) is 11.9. The molecular weight excluding hydrogens is 226 g/mol. The number of aryl methyl sites for hydroxylation is 1. The Bertz CT molecular complexity index is 512. The van der Waals surface area contributed by atoms with Crippen LogP contribution in [0.25, 0.3) is 0 Å². The first kappa shape index (κ1) is 12.3. The molecule has 0 spiro atoms. The standard InChI is InChI=1S/C13H17N5/c1-10-8-12(17-14)16-13(15-10)9-18(2)11-6-4-3-5-7-11/h3-8H,9,14H2,1-2H3,(H,15,16,17). The van der Waals surface area contributed by atoms with Crippen LogP contribution in [0.2, 0.25) is 0 Å². The van der Waals surface area contributed by atoms with Crippen molar-refractivity contribution in [1.82, 2.24) is 9.97 Å². The van der Waals surface area contributed by atoms with E-state index in [0.29, 0.717) is 12.4 Å². The van der Waals surface area contributed by atoms with E-state index >= 15 is 0 Å². The first-order valence-corrected chi connectivity index (χ1v) is 5.76. The van der Waals surface area contributed by atoms with Gasteiger partial charge in [0.1, 0.15) is 11.6 Å². The zero-order chi connectivity index (χ0) is 13.0. The summed E-state index contributed by atoms with van der Waals surface area (Å²) in [6.45, 7) is 2.56. The number of hydrazine groups is 1. The summed E-state index contributed by atoms with van der Waals surface area (Å²) in [7, 11) is 2.01. The van der Waals surface area contributed by atoms with Crippen molar-refractivity contribution in [2.45, 2.75) is 13.5 Å². The average molecular weight is 243 g/mol. The van der Waals surface area contributed by atoms with Gasteiger partial charge in [-0.2, -0.15) is 0 Å². The fourth-order valence-corrected chi connectivity index (χ4v) is 1.76. The van der Waals surface area contributed by atoms with Gasteiger partial charge in [-0.25, -0.2) is 15.8 Å². The van der Waals surface area contributed by atoms with Crippen molar-refractivity contribution in [2.24, 2.45) is 5.84 Å². The summed E-state index contributed by atoms with van der Waals surface area (Å²) < 4.78 is 0. The topological polar surface area (TPSA) is 67.1 Å². The summed E-state index contributed by atoms with van der Waals surface area (Å²) in [5.74, 6) is 6.76. The van der Waals surface area contributed by atoms with Crippen LogP contribution in [0.4, 0.5) is 11.5 Å². The molecule has 94 valence electrons. The van der Waals surface area contributed by atoms with Gasteiger partial charge in [-0.1, -0.05) is 18.2 Å². The van der Waals surface area contributed by atoms with Gasteiger partial charge in [-0.05, 0) is 19.1 Å². The van der Waals surface area contributed by atoms with Crippen LogP contribution in [0, 0.1) is 6.92 Å². The molecule has 0 saturated heterocycles. The van der Waals surface area contributed by atoms with Gasteiger partial charge in [0.2, 0.25) is 0 Å². The fourth-order valence-electron chi connectivity index (χ4n) is 1.76. The molecule has 18 heavy (non-hydrogen) atoms. The molecule has 0 aliphatic heterocycles. The minimum absolute atomic E-state index is 0.638. The van der Waals surface area contributed by atoms with Crippen LogP contribution in [0.1, 0.15) is 11.5 Å². The second kappa shape index (κ2) is 5.46. The predicted molar refractivity (Wildman–Crippen MR) is 73.1 cm³/mol. The van der Waals surface area contributed by atoms with Crippen LogP contribution in [0.5, 0.6) is 0 Å². The van der Waals surface area contributed by atoms with Crippen LogP contribution in [-0.2, 0) is 6.54 Å². The molecule has 0 radical (unpaired) electrons. The number of hydrogen-bond donors (Lipinski definition) is 2. The SMILES string of the molecule is Cc1cc(NN)nc(CN(C)c2ccccc2)n1. The Morgan fingerprint density at radius 3 is 2.61 bits per heavy atom. The summed E-state index contributed by atoms with van der Waals surface area (Å²) in [4.78, 5) is 10.8. The van der Waals surface area contributed by atoms with Crippen molar-refractivity contribution in [3.63, 3.8) is 0 Å². The molecule has 1 aromatic carbocycles. The quantitative estimate of drug-likeness (QED) is 0.632. The molecule has 0 saturated carbocycles. The average Bonchev–Trinajstić information content (AvgIpc) is 2.39. The maximum absolute atomic E-state index is 5.38. The van der Waals surface area contributed by atoms with Crippen LogP contribution in [0.15, 0.2) is 36.4 Å². The normalized spacial score (nSPS) is 10.2. The number of para-hydroxylation sites is 1. The molecule has 0 fully saturated rings. The lowest BCUT2D eigenvalue weighted by Crippen LogP contribution is -2.19. The Balaban J connectivity index is 2.16. The molecular formula is C13H17N5. The lowest BCUT2D eigenvalue weighted by atomic mass is 10.3. The van der Waals surface area contributed by atoms with Crippen molar-refractivity contribution in [1.29, 1.82) is 0 Å². The minimum atomic E-state index is 0.638. The Labute approximate surface area is 107 Å². The lowest BCUT2D eigenvalue weighted by molar-refractivity contribution is 0.829. The molecule has 1 heterocycles. The molecule has 2 rings (SSSR count). The summed E-state index contributed by atoms with van der Waals surface area (Å²) in [6.07, 6.45) is 0. The smallest absolute Gasteiger partial charge is 0.150 e. The number of nitrogens with zero attached hydrogens (tertiary/aromatic N) is 3. The highest BCUT2D eigenvalue weighted by Gasteiger charge is 2.06. The third-order valence-electron chi connectivity index (χ3n) is 2.62. The maximum atomic E-state index is 5.38. The molecule has 0 atom stereocenters. The van der Waals surface area contributed by atoms with E-state index in [0.717, 1.165) is 17.2 Å². The van der Waals surface area contributed by atoms with Crippen LogP contribution in [-0.4, -0.2) is 17.0 Å². The molecule has 5 heteroatoms. The molecule has 1 aromatic heterocycles. The third-order valence-corrected chi connectivity index (χ3v) is 2.62. The summed E-state index contributed by atoms with van der Waals surface area (Å²) in [5.41, 5.74) is 4.58. The fraction of sp³-hybridized carbons (Fsp3) is 0.231. The monoisotopic (exact) mass is 243 g/mol. The Morgan fingerprint density at radius 2 is 1.94 bits per heavy atom. The van der Waals surface area contributed by atoms with Gasteiger partial charge in [0.15, 0.2) is 0 Å². The first-order chi connectivity index (χ1) is 8.69. The van der Waals surface area contributed by atoms with Gasteiger partial charge in [0.05, 0.1) is 6.54 Å². The van der Waals surface area contributed by atoms with E-state index in [4.69, 9.17) is 5.84 Å². The largest absolute Gasteiger partial charge is 0.367 e. The van der Waals surface area contributed by atoms with Crippen molar-refractivity contribution < 1.29 is 0 Å². The third kappa shape index (κ3) is 2.95. The number of benzene rings is 1. The van der Waals surface area contributed by atoms with Crippen molar-refractivity contribution in [3.8, 4) is 0 Å². The number of nitrogen functional groups attached to an aromatic ring is 1. The van der Waals surface area contributed by atoms with Gasteiger partial charge in [-0.3, -0.25) is 0 Å². The zero-order valence-electron chi connectivity index (χ0n) is 10.6. The van der Waals surface area contributed by atoms with E-state index in [2.05, 4.69) is 32.4 Å². The van der Waals surface area contributed by atoms with E-state index in [-0.39, 0.29) is 0 Å². The van der Waals surface area contributed by atoms with Gasteiger partial charge in [-0.15, -0.1) is 0 Å². The minimum Gasteiger partial charge on any atom is -0.367 e. The number of anilines is 2. The lowest BCUT2D eigenvalue weighted by Gasteiger charge is -2.18. The Kier molecular flexibility index (Phi) is 3.74. The predicted octanol–water partition coefficient (Wildman–Crippen LogP) is 1.71. The van der Waals surface area contributed by atoms with E-state index < -0.39 is 0 Å². The van der Waals surface area contributed by atoms with Crippen molar-refractivity contribution in [2.75, 3.05) is 17.4 Å². The van der Waals surface area contributed by atoms with Crippen molar-refractivity contribution >= 4 is 11.5 Å². The first-order valence-electron chi connectivity index (χ1n) is 5.76. The Hall–Kier alpha value is -2.14. The van der Waals surface area contributed by atoms with Gasteiger partial charge in [0, 0.05) is 24.5 Å². The van der Waals surface area contributed by atoms with Gasteiger partial charge in [0.25, 0.3) is 0 Å². The van der Waals surface area contributed by atoms with E-state index in [1.165, 1.54) is 0 Å².